The lowest BCUT2D eigenvalue weighted by molar-refractivity contribution is -0.139. The molecule has 0 spiro atoms. The molecule has 0 aliphatic carbocycles. The third-order valence-corrected chi connectivity index (χ3v) is 9.43. The summed E-state index contributed by atoms with van der Waals surface area (Å²) < 4.78 is 34.9. The molecule has 0 heterocycles. The summed E-state index contributed by atoms with van der Waals surface area (Å²) in [6.07, 6.45) is 0. The number of hydrogen-bond acceptors (Lipinski definition) is 5. The second kappa shape index (κ2) is 15.3. The lowest BCUT2D eigenvalue weighted by atomic mass is 10.1. The van der Waals surface area contributed by atoms with E-state index in [1.165, 1.54) is 17.0 Å². The van der Waals surface area contributed by atoms with E-state index in [9.17, 15) is 18.0 Å². The average Bonchev–Trinajstić information content (AvgIpc) is 3.03. The number of sulfonamides is 1. The lowest BCUT2D eigenvalue weighted by Crippen LogP contribution is -2.51. The third-order valence-electron chi connectivity index (χ3n) is 6.90. The molecule has 11 heteroatoms. The number of amides is 2. The predicted molar refractivity (Wildman–Crippen MR) is 178 cm³/mol. The van der Waals surface area contributed by atoms with E-state index in [0.29, 0.717) is 33.7 Å². The van der Waals surface area contributed by atoms with Crippen molar-refractivity contribution in [1.29, 1.82) is 0 Å². The molecular weight excluding hydrogens is 633 g/mol. The molecule has 1 N–H and O–H groups in total. The fourth-order valence-corrected chi connectivity index (χ4v) is 6.18. The largest absolute Gasteiger partial charge is 0.457 e. The molecule has 0 fully saturated rings. The number of nitrogens with zero attached hydrogens (tertiary/aromatic N) is 2. The molecule has 45 heavy (non-hydrogen) atoms. The Morgan fingerprint density at radius 3 is 2.00 bits per heavy atom. The van der Waals surface area contributed by atoms with Gasteiger partial charge >= 0.3 is 0 Å². The zero-order chi connectivity index (χ0) is 32.6. The molecule has 236 valence electrons. The topological polar surface area (TPSA) is 96.0 Å². The summed E-state index contributed by atoms with van der Waals surface area (Å²) in [6, 6.07) is 27.5. The fourth-order valence-electron chi connectivity index (χ4n) is 4.42. The van der Waals surface area contributed by atoms with Crippen molar-refractivity contribution in [3.8, 4) is 11.5 Å². The normalized spacial score (nSPS) is 12.0. The van der Waals surface area contributed by atoms with Gasteiger partial charge in [-0.15, -0.1) is 0 Å². The molecular formula is C34H35Cl2N3O5S. The summed E-state index contributed by atoms with van der Waals surface area (Å²) >= 11 is 12.4. The van der Waals surface area contributed by atoms with Crippen molar-refractivity contribution in [3.63, 3.8) is 0 Å². The zero-order valence-corrected chi connectivity index (χ0v) is 27.5. The Labute approximate surface area is 274 Å². The van der Waals surface area contributed by atoms with Crippen LogP contribution in [-0.4, -0.2) is 44.3 Å². The first-order valence-corrected chi connectivity index (χ1v) is 16.6. The van der Waals surface area contributed by atoms with Crippen LogP contribution in [0.4, 0.5) is 5.69 Å². The molecule has 0 unspecified atom stereocenters. The Morgan fingerprint density at radius 1 is 0.800 bits per heavy atom. The van der Waals surface area contributed by atoms with Crippen LogP contribution in [-0.2, 0) is 26.2 Å². The van der Waals surface area contributed by atoms with Crippen molar-refractivity contribution in [2.75, 3.05) is 17.4 Å². The second-order valence-corrected chi connectivity index (χ2v) is 13.5. The van der Waals surface area contributed by atoms with Crippen molar-refractivity contribution < 1.29 is 22.7 Å². The molecule has 4 aromatic carbocycles. The first-order chi connectivity index (χ1) is 21.5. The number of halogens is 2. The summed E-state index contributed by atoms with van der Waals surface area (Å²) in [6.45, 7) is 5.38. The number of rotatable bonds is 13. The van der Waals surface area contributed by atoms with Gasteiger partial charge in [-0.05, 0) is 79.1 Å². The first kappa shape index (κ1) is 33.8. The van der Waals surface area contributed by atoms with Crippen LogP contribution in [0.5, 0.6) is 11.5 Å². The summed E-state index contributed by atoms with van der Waals surface area (Å²) in [5, 5.41) is 3.51. The van der Waals surface area contributed by atoms with E-state index >= 15 is 0 Å². The fraction of sp³-hybridized carbons (Fsp3) is 0.235. The molecule has 2 amide bonds. The highest BCUT2D eigenvalue weighted by atomic mass is 35.5. The van der Waals surface area contributed by atoms with E-state index in [4.69, 9.17) is 27.9 Å². The highest BCUT2D eigenvalue weighted by molar-refractivity contribution is 7.92. The monoisotopic (exact) mass is 667 g/mol. The Bertz CT molecular complexity index is 1700. The van der Waals surface area contributed by atoms with E-state index in [-0.39, 0.29) is 29.0 Å². The summed E-state index contributed by atoms with van der Waals surface area (Å²) in [4.78, 5) is 28.6. The van der Waals surface area contributed by atoms with Crippen LogP contribution in [0.1, 0.15) is 26.3 Å². The number of hydrogen-bond donors (Lipinski definition) is 1. The minimum Gasteiger partial charge on any atom is -0.457 e. The predicted octanol–water partition coefficient (Wildman–Crippen LogP) is 7.17. The van der Waals surface area contributed by atoms with Crippen molar-refractivity contribution in [2.24, 2.45) is 5.92 Å². The van der Waals surface area contributed by atoms with Crippen LogP contribution in [0.3, 0.4) is 0 Å². The molecule has 0 aromatic heterocycles. The van der Waals surface area contributed by atoms with Crippen LogP contribution < -0.4 is 14.4 Å². The Hall–Kier alpha value is -4.05. The van der Waals surface area contributed by atoms with Crippen LogP contribution >= 0.6 is 23.2 Å². The average molecular weight is 669 g/mol. The molecule has 0 bridgehead atoms. The van der Waals surface area contributed by atoms with Crippen molar-refractivity contribution in [2.45, 2.75) is 38.3 Å². The highest BCUT2D eigenvalue weighted by Crippen LogP contribution is 2.29. The van der Waals surface area contributed by atoms with Crippen molar-refractivity contribution in [1.82, 2.24) is 10.2 Å². The van der Waals surface area contributed by atoms with Crippen LogP contribution in [0.15, 0.2) is 108 Å². The smallest absolute Gasteiger partial charge is 0.264 e. The number of benzene rings is 4. The Kier molecular flexibility index (Phi) is 11.5. The van der Waals surface area contributed by atoms with Gasteiger partial charge in [0.1, 0.15) is 24.1 Å². The first-order valence-electron chi connectivity index (χ1n) is 14.4. The van der Waals surface area contributed by atoms with E-state index < -0.39 is 28.5 Å². The second-order valence-electron chi connectivity index (χ2n) is 10.8. The molecule has 0 saturated carbocycles. The number of ether oxygens (including phenoxy) is 1. The molecule has 0 aliphatic heterocycles. The quantitative estimate of drug-likeness (QED) is 0.163. The summed E-state index contributed by atoms with van der Waals surface area (Å²) in [7, 11) is -4.20. The van der Waals surface area contributed by atoms with Crippen LogP contribution in [0.25, 0.3) is 0 Å². The summed E-state index contributed by atoms with van der Waals surface area (Å²) in [5.74, 6) is 0.358. The molecule has 0 aliphatic rings. The zero-order valence-electron chi connectivity index (χ0n) is 25.2. The summed E-state index contributed by atoms with van der Waals surface area (Å²) in [5.41, 5.74) is 0.875. The molecule has 0 radical (unpaired) electrons. The maximum atomic E-state index is 14.1. The van der Waals surface area contributed by atoms with Crippen molar-refractivity contribution in [3.05, 3.63) is 119 Å². The van der Waals surface area contributed by atoms with E-state index in [0.717, 1.165) is 4.31 Å². The number of carbonyl (C=O) groups is 2. The Balaban J connectivity index is 1.69. The van der Waals surface area contributed by atoms with E-state index in [1.807, 2.05) is 32.0 Å². The standard InChI is InChI=1S/C34H35Cl2N3O5S/c1-24(2)21-37-34(41)25(3)38(22-26-14-19-31(35)32(36)20-26)33(40)23-39(45(42,43)30-12-8-5-9-13-30)27-15-17-29(18-16-27)44-28-10-6-4-7-11-28/h4-20,24-25H,21-23H2,1-3H3,(H,37,41)/t25-/m0/s1. The van der Waals surface area contributed by atoms with Gasteiger partial charge in [0.2, 0.25) is 11.8 Å². The van der Waals surface area contributed by atoms with E-state index in [1.54, 1.807) is 79.7 Å². The van der Waals surface area contributed by atoms with Gasteiger partial charge in [-0.1, -0.05) is 79.5 Å². The minimum atomic E-state index is -4.20. The maximum Gasteiger partial charge on any atom is 0.264 e. The minimum absolute atomic E-state index is 0.00490. The molecule has 8 nitrogen and oxygen atoms in total. The van der Waals surface area contributed by atoms with E-state index in [2.05, 4.69) is 5.32 Å². The molecule has 4 aromatic rings. The molecule has 4 rings (SSSR count). The third kappa shape index (κ3) is 9.00. The SMILES string of the molecule is CC(C)CNC(=O)[C@H](C)N(Cc1ccc(Cl)c(Cl)c1)C(=O)CN(c1ccc(Oc2ccccc2)cc1)S(=O)(=O)c1ccccc1. The maximum absolute atomic E-state index is 14.1. The van der Waals surface area contributed by atoms with Crippen molar-refractivity contribution >= 4 is 50.7 Å². The van der Waals surface area contributed by atoms with Gasteiger partial charge in [0.25, 0.3) is 10.0 Å². The lowest BCUT2D eigenvalue weighted by Gasteiger charge is -2.32. The van der Waals surface area contributed by atoms with Gasteiger partial charge in [0, 0.05) is 13.1 Å². The van der Waals surface area contributed by atoms with Gasteiger partial charge in [-0.3, -0.25) is 13.9 Å². The number of anilines is 1. The number of para-hydroxylation sites is 1. The van der Waals surface area contributed by atoms with Crippen LogP contribution in [0.2, 0.25) is 10.0 Å². The van der Waals surface area contributed by atoms with Gasteiger partial charge in [0.05, 0.1) is 20.6 Å². The Morgan fingerprint density at radius 2 is 1.40 bits per heavy atom. The highest BCUT2D eigenvalue weighted by Gasteiger charge is 2.32. The number of carbonyl (C=O) groups excluding carboxylic acids is 2. The van der Waals surface area contributed by atoms with Gasteiger partial charge in [0.15, 0.2) is 0 Å². The number of nitrogens with one attached hydrogen (secondary N) is 1. The van der Waals surface area contributed by atoms with Gasteiger partial charge < -0.3 is 15.0 Å². The molecule has 0 saturated heterocycles. The van der Waals surface area contributed by atoms with Crippen LogP contribution in [0, 0.1) is 5.92 Å². The van der Waals surface area contributed by atoms with Gasteiger partial charge in [-0.2, -0.15) is 0 Å². The van der Waals surface area contributed by atoms with Gasteiger partial charge in [-0.25, -0.2) is 8.42 Å². The molecule has 1 atom stereocenters.